The maximum Gasteiger partial charge on any atom is 0.269 e. The highest BCUT2D eigenvalue weighted by atomic mass is 16.6. The number of carbonyl (C=O) groups is 2. The summed E-state index contributed by atoms with van der Waals surface area (Å²) in [4.78, 5) is 37.9. The van der Waals surface area contributed by atoms with E-state index >= 15 is 0 Å². The normalized spacial score (nSPS) is 16.8. The van der Waals surface area contributed by atoms with E-state index in [1.165, 1.54) is 24.6 Å². The number of likely N-dealkylation sites (tertiary alicyclic amines) is 1. The fourth-order valence-electron chi connectivity index (χ4n) is 4.32. The first-order valence-electron chi connectivity index (χ1n) is 11.1. The molecule has 170 valence electrons. The van der Waals surface area contributed by atoms with Crippen molar-refractivity contribution in [3.05, 3.63) is 75.8 Å². The molecule has 7 nitrogen and oxygen atoms in total. The molecule has 0 radical (unpaired) electrons. The third kappa shape index (κ3) is 6.47. The van der Waals surface area contributed by atoms with Crippen LogP contribution in [0.4, 0.5) is 5.69 Å². The second kappa shape index (κ2) is 11.0. The summed E-state index contributed by atoms with van der Waals surface area (Å²) in [7, 11) is 0. The summed E-state index contributed by atoms with van der Waals surface area (Å²) >= 11 is 0. The van der Waals surface area contributed by atoms with Crippen molar-refractivity contribution in [1.29, 1.82) is 0 Å². The third-order valence-electron chi connectivity index (χ3n) is 6.26. The molecule has 0 unspecified atom stereocenters. The summed E-state index contributed by atoms with van der Waals surface area (Å²) in [6.07, 6.45) is 1.89. The van der Waals surface area contributed by atoms with E-state index in [0.29, 0.717) is 0 Å². The number of nitro groups is 1. The monoisotopic (exact) mass is 437 g/mol. The first-order chi connectivity index (χ1) is 15.3. The number of benzene rings is 2. The van der Waals surface area contributed by atoms with Crippen LogP contribution in [0.5, 0.6) is 0 Å². The third-order valence-corrected chi connectivity index (χ3v) is 6.26. The van der Waals surface area contributed by atoms with Crippen LogP contribution in [0.1, 0.15) is 50.2 Å². The fraction of sp³-hybridized carbons (Fsp3) is 0.440. The first-order valence-corrected chi connectivity index (χ1v) is 11.1. The van der Waals surface area contributed by atoms with Gasteiger partial charge in [0.1, 0.15) is 5.78 Å². The maximum absolute atomic E-state index is 13.1. The Bertz CT molecular complexity index is 922. The summed E-state index contributed by atoms with van der Waals surface area (Å²) in [5.74, 6) is -0.890. The molecule has 2 atom stereocenters. The molecule has 1 aliphatic rings. The molecular formula is C25H31N3O4. The highest BCUT2D eigenvalue weighted by Gasteiger charge is 2.30. The van der Waals surface area contributed by atoms with Crippen LogP contribution in [0.2, 0.25) is 0 Å². The molecule has 0 saturated carbocycles. The highest BCUT2D eigenvalue weighted by Crippen LogP contribution is 2.29. The molecule has 0 aromatic heterocycles. The topological polar surface area (TPSA) is 92.6 Å². The molecule has 0 spiro atoms. The van der Waals surface area contributed by atoms with E-state index in [0.717, 1.165) is 38.0 Å². The van der Waals surface area contributed by atoms with Crippen LogP contribution < -0.4 is 5.32 Å². The summed E-state index contributed by atoms with van der Waals surface area (Å²) < 4.78 is 0. The minimum atomic E-state index is -0.503. The smallest absolute Gasteiger partial charge is 0.269 e. The summed E-state index contributed by atoms with van der Waals surface area (Å²) in [6.45, 7) is 6.12. The number of non-ortho nitro benzene ring substituents is 1. The van der Waals surface area contributed by atoms with E-state index in [4.69, 9.17) is 0 Å². The second-order valence-electron chi connectivity index (χ2n) is 8.69. The Labute approximate surface area is 189 Å². The average molecular weight is 438 g/mol. The SMILES string of the molecule is CC(=O)C[C@H](C(=O)NC1CCN(Cc2ccccc2)CC1)[C@H](C)c1ccc([N+](=O)[O-])cc1. The van der Waals surface area contributed by atoms with Crippen molar-refractivity contribution < 1.29 is 14.5 Å². The van der Waals surface area contributed by atoms with Crippen molar-refractivity contribution in [3.8, 4) is 0 Å². The molecule has 1 aliphatic heterocycles. The van der Waals surface area contributed by atoms with Crippen molar-refractivity contribution in [2.75, 3.05) is 13.1 Å². The number of nitro benzene ring substituents is 1. The van der Waals surface area contributed by atoms with Crippen LogP contribution in [0.15, 0.2) is 54.6 Å². The molecule has 3 rings (SSSR count). The van der Waals surface area contributed by atoms with E-state index in [1.807, 2.05) is 25.1 Å². The van der Waals surface area contributed by atoms with Crippen LogP contribution in [-0.4, -0.2) is 40.6 Å². The minimum Gasteiger partial charge on any atom is -0.353 e. The van der Waals surface area contributed by atoms with Gasteiger partial charge < -0.3 is 10.1 Å². The molecule has 7 heteroatoms. The molecule has 1 fully saturated rings. The second-order valence-corrected chi connectivity index (χ2v) is 8.69. The Morgan fingerprint density at radius 3 is 2.28 bits per heavy atom. The lowest BCUT2D eigenvalue weighted by Gasteiger charge is -2.33. The number of nitrogens with one attached hydrogen (secondary N) is 1. The maximum atomic E-state index is 13.1. The number of hydrogen-bond acceptors (Lipinski definition) is 5. The van der Waals surface area contributed by atoms with Gasteiger partial charge in [-0.15, -0.1) is 0 Å². The molecule has 2 aromatic carbocycles. The lowest BCUT2D eigenvalue weighted by Crippen LogP contribution is -2.47. The molecule has 1 N–H and O–H groups in total. The predicted molar refractivity (Wildman–Crippen MR) is 123 cm³/mol. The molecular weight excluding hydrogens is 406 g/mol. The van der Waals surface area contributed by atoms with Crippen molar-refractivity contribution >= 4 is 17.4 Å². The fourth-order valence-corrected chi connectivity index (χ4v) is 4.32. The molecule has 1 heterocycles. The molecule has 2 aromatic rings. The van der Waals surface area contributed by atoms with Gasteiger partial charge in [-0.2, -0.15) is 0 Å². The quantitative estimate of drug-likeness (QED) is 0.471. The van der Waals surface area contributed by atoms with Gasteiger partial charge in [0.05, 0.1) is 10.8 Å². The van der Waals surface area contributed by atoms with Crippen molar-refractivity contribution in [2.45, 2.75) is 51.6 Å². The Kier molecular flexibility index (Phi) is 8.11. The number of ketones is 1. The number of rotatable bonds is 9. The predicted octanol–water partition coefficient (Wildman–Crippen LogP) is 4.07. The Morgan fingerprint density at radius 2 is 1.72 bits per heavy atom. The number of amides is 1. The zero-order chi connectivity index (χ0) is 23.1. The van der Waals surface area contributed by atoms with Gasteiger partial charge in [-0.05, 0) is 36.8 Å². The van der Waals surface area contributed by atoms with Crippen LogP contribution in [0, 0.1) is 16.0 Å². The lowest BCUT2D eigenvalue weighted by atomic mass is 9.83. The van der Waals surface area contributed by atoms with Gasteiger partial charge in [0.15, 0.2) is 0 Å². The van der Waals surface area contributed by atoms with Gasteiger partial charge in [0.25, 0.3) is 5.69 Å². The van der Waals surface area contributed by atoms with Crippen molar-refractivity contribution in [3.63, 3.8) is 0 Å². The average Bonchev–Trinajstić information content (AvgIpc) is 2.79. The van der Waals surface area contributed by atoms with Gasteiger partial charge >= 0.3 is 0 Å². The summed E-state index contributed by atoms with van der Waals surface area (Å²) in [6, 6.07) is 16.7. The molecule has 1 amide bonds. The minimum absolute atomic E-state index is 0.00998. The van der Waals surface area contributed by atoms with Crippen molar-refractivity contribution in [1.82, 2.24) is 10.2 Å². The van der Waals surface area contributed by atoms with Gasteiger partial charge in [0, 0.05) is 44.2 Å². The van der Waals surface area contributed by atoms with E-state index in [9.17, 15) is 19.7 Å². The molecule has 1 saturated heterocycles. The highest BCUT2D eigenvalue weighted by molar-refractivity contribution is 5.86. The number of Topliss-reactive ketones (excluding diaryl/α,β-unsaturated/α-hetero) is 1. The number of nitrogens with zero attached hydrogens (tertiary/aromatic N) is 2. The Hall–Kier alpha value is -3.06. The van der Waals surface area contributed by atoms with E-state index in [2.05, 4.69) is 22.3 Å². The first kappa shape index (κ1) is 23.6. The number of hydrogen-bond donors (Lipinski definition) is 1. The summed E-state index contributed by atoms with van der Waals surface area (Å²) in [5.41, 5.74) is 2.11. The van der Waals surface area contributed by atoms with E-state index in [1.54, 1.807) is 12.1 Å². The van der Waals surface area contributed by atoms with E-state index in [-0.39, 0.29) is 35.8 Å². The van der Waals surface area contributed by atoms with Crippen molar-refractivity contribution in [2.24, 2.45) is 5.92 Å². The standard InChI is InChI=1S/C25H31N3O4/c1-18(29)16-24(19(2)21-8-10-23(11-9-21)28(31)32)25(30)26-22-12-14-27(15-13-22)17-20-6-4-3-5-7-20/h3-11,19,22,24H,12-17H2,1-2H3,(H,26,30)/t19-,24+/m1/s1. The van der Waals surface area contributed by atoms with Gasteiger partial charge in [-0.25, -0.2) is 0 Å². The molecule has 32 heavy (non-hydrogen) atoms. The van der Waals surface area contributed by atoms with Gasteiger partial charge in [-0.1, -0.05) is 49.4 Å². The number of piperidine rings is 1. The Morgan fingerprint density at radius 1 is 1.09 bits per heavy atom. The van der Waals surface area contributed by atoms with Crippen LogP contribution in [0.25, 0.3) is 0 Å². The zero-order valence-corrected chi connectivity index (χ0v) is 18.7. The summed E-state index contributed by atoms with van der Waals surface area (Å²) in [5, 5.41) is 14.1. The van der Waals surface area contributed by atoms with E-state index < -0.39 is 10.8 Å². The van der Waals surface area contributed by atoms with Crippen LogP contribution in [0.3, 0.4) is 0 Å². The van der Waals surface area contributed by atoms with Crippen LogP contribution in [-0.2, 0) is 16.1 Å². The lowest BCUT2D eigenvalue weighted by molar-refractivity contribution is -0.384. The molecule has 0 bridgehead atoms. The Balaban J connectivity index is 1.58. The molecule has 0 aliphatic carbocycles. The van der Waals surface area contributed by atoms with Gasteiger partial charge in [0.2, 0.25) is 5.91 Å². The number of carbonyl (C=O) groups excluding carboxylic acids is 2. The van der Waals surface area contributed by atoms with Crippen LogP contribution >= 0.6 is 0 Å². The van der Waals surface area contributed by atoms with Gasteiger partial charge in [-0.3, -0.25) is 19.8 Å². The zero-order valence-electron chi connectivity index (χ0n) is 18.7. The largest absolute Gasteiger partial charge is 0.353 e.